The van der Waals surface area contributed by atoms with E-state index in [1.807, 2.05) is 0 Å². The lowest BCUT2D eigenvalue weighted by molar-refractivity contribution is 0.419. The van der Waals surface area contributed by atoms with Crippen molar-refractivity contribution >= 4 is 10.8 Å². The van der Waals surface area contributed by atoms with Crippen LogP contribution in [-0.2, 0) is 0 Å². The van der Waals surface area contributed by atoms with Crippen molar-refractivity contribution in [3.63, 3.8) is 0 Å². The summed E-state index contributed by atoms with van der Waals surface area (Å²) in [6, 6.07) is 12.9. The van der Waals surface area contributed by atoms with Crippen molar-refractivity contribution in [1.82, 2.24) is 5.32 Å². The number of ether oxygens (including phenoxy) is 1. The first-order valence-corrected chi connectivity index (χ1v) is 7.11. The topological polar surface area (TPSA) is 21.3 Å². The van der Waals surface area contributed by atoms with E-state index in [1.54, 1.807) is 7.11 Å². The molecule has 19 heavy (non-hydrogen) atoms. The number of benzene rings is 2. The second kappa shape index (κ2) is 5.22. The molecule has 2 heteroatoms. The Hall–Kier alpha value is -1.54. The van der Waals surface area contributed by atoms with Crippen molar-refractivity contribution in [2.45, 2.75) is 19.3 Å². The molecule has 2 unspecified atom stereocenters. The maximum atomic E-state index is 5.46. The van der Waals surface area contributed by atoms with E-state index >= 15 is 0 Å². The van der Waals surface area contributed by atoms with Crippen LogP contribution in [0.5, 0.6) is 5.75 Å². The van der Waals surface area contributed by atoms with Crippen LogP contribution in [0.4, 0.5) is 0 Å². The number of rotatable bonds is 5. The minimum Gasteiger partial charge on any atom is -0.496 e. The highest BCUT2D eigenvalue weighted by Gasteiger charge is 2.38. The fourth-order valence-corrected chi connectivity index (χ4v) is 2.98. The highest BCUT2D eigenvalue weighted by atomic mass is 16.5. The molecule has 1 saturated carbocycles. The van der Waals surface area contributed by atoms with Gasteiger partial charge in [-0.3, -0.25) is 0 Å². The highest BCUT2D eigenvalue weighted by Crippen LogP contribution is 2.49. The smallest absolute Gasteiger partial charge is 0.126 e. The molecule has 2 nitrogen and oxygen atoms in total. The predicted molar refractivity (Wildman–Crippen MR) is 79.9 cm³/mol. The summed E-state index contributed by atoms with van der Waals surface area (Å²) in [4.78, 5) is 0. The maximum absolute atomic E-state index is 5.46. The first-order chi connectivity index (χ1) is 9.35. The molecule has 3 rings (SSSR count). The normalized spacial score (nSPS) is 21.6. The Morgan fingerprint density at radius 1 is 1.16 bits per heavy atom. The number of fused-ring (bicyclic) bond motifs is 1. The van der Waals surface area contributed by atoms with Gasteiger partial charge < -0.3 is 10.1 Å². The van der Waals surface area contributed by atoms with Crippen molar-refractivity contribution in [3.8, 4) is 5.75 Å². The van der Waals surface area contributed by atoms with Gasteiger partial charge in [0, 0.05) is 5.39 Å². The molecule has 1 aliphatic rings. The molecular formula is C17H21NO. The van der Waals surface area contributed by atoms with Crippen LogP contribution in [0.3, 0.4) is 0 Å². The van der Waals surface area contributed by atoms with Gasteiger partial charge in [-0.1, -0.05) is 37.3 Å². The largest absolute Gasteiger partial charge is 0.496 e. The van der Waals surface area contributed by atoms with Gasteiger partial charge in [-0.15, -0.1) is 0 Å². The SMILES string of the molecule is CCNCC1CC1c1ccc(OC)c2ccccc12. The fraction of sp³-hybridized carbons (Fsp3) is 0.412. The molecule has 0 aromatic heterocycles. The van der Waals surface area contributed by atoms with Crippen molar-refractivity contribution < 1.29 is 4.74 Å². The van der Waals surface area contributed by atoms with Gasteiger partial charge in [0.1, 0.15) is 5.75 Å². The number of hydrogen-bond acceptors (Lipinski definition) is 2. The molecule has 100 valence electrons. The van der Waals surface area contributed by atoms with Crippen LogP contribution >= 0.6 is 0 Å². The first-order valence-electron chi connectivity index (χ1n) is 7.11. The zero-order valence-electron chi connectivity index (χ0n) is 11.6. The molecule has 0 heterocycles. The molecular weight excluding hydrogens is 234 g/mol. The average molecular weight is 255 g/mol. The summed E-state index contributed by atoms with van der Waals surface area (Å²) in [5.41, 5.74) is 1.49. The number of methoxy groups -OCH3 is 1. The summed E-state index contributed by atoms with van der Waals surface area (Å²) < 4.78 is 5.46. The molecule has 2 aromatic rings. The third-order valence-electron chi connectivity index (χ3n) is 4.12. The Morgan fingerprint density at radius 2 is 1.95 bits per heavy atom. The number of nitrogens with one attached hydrogen (secondary N) is 1. The van der Waals surface area contributed by atoms with Gasteiger partial charge in [-0.2, -0.15) is 0 Å². The molecule has 0 amide bonds. The molecule has 1 N–H and O–H groups in total. The zero-order valence-corrected chi connectivity index (χ0v) is 11.6. The van der Waals surface area contributed by atoms with Gasteiger partial charge in [0.15, 0.2) is 0 Å². The summed E-state index contributed by atoms with van der Waals surface area (Å²) in [7, 11) is 1.74. The minimum atomic E-state index is 0.717. The minimum absolute atomic E-state index is 0.717. The fourth-order valence-electron chi connectivity index (χ4n) is 2.98. The van der Waals surface area contributed by atoms with E-state index in [9.17, 15) is 0 Å². The molecule has 2 aromatic carbocycles. The van der Waals surface area contributed by atoms with Crippen LogP contribution in [0, 0.1) is 5.92 Å². The van der Waals surface area contributed by atoms with Crippen LogP contribution in [0.1, 0.15) is 24.8 Å². The molecule has 0 saturated heterocycles. The molecule has 1 fully saturated rings. The van der Waals surface area contributed by atoms with E-state index in [0.29, 0.717) is 0 Å². The van der Waals surface area contributed by atoms with Crippen LogP contribution in [0.25, 0.3) is 10.8 Å². The lowest BCUT2D eigenvalue weighted by Gasteiger charge is -2.10. The standard InChI is InChI=1S/C17H21NO/c1-3-18-11-12-10-16(12)14-8-9-17(19-2)15-7-5-4-6-13(14)15/h4-9,12,16,18H,3,10-11H2,1-2H3. The van der Waals surface area contributed by atoms with Crippen LogP contribution in [0.15, 0.2) is 36.4 Å². The third-order valence-corrected chi connectivity index (χ3v) is 4.12. The second-order valence-electron chi connectivity index (χ2n) is 5.31. The van der Waals surface area contributed by atoms with Gasteiger partial charge in [-0.05, 0) is 48.4 Å². The van der Waals surface area contributed by atoms with E-state index in [4.69, 9.17) is 4.74 Å². The van der Waals surface area contributed by atoms with E-state index < -0.39 is 0 Å². The Bertz CT molecular complexity index is 578. The van der Waals surface area contributed by atoms with E-state index in [2.05, 4.69) is 48.6 Å². The van der Waals surface area contributed by atoms with Gasteiger partial charge in [0.25, 0.3) is 0 Å². The van der Waals surface area contributed by atoms with Crippen LogP contribution in [0.2, 0.25) is 0 Å². The average Bonchev–Trinajstić information content (AvgIpc) is 3.23. The Kier molecular flexibility index (Phi) is 3.43. The van der Waals surface area contributed by atoms with Gasteiger partial charge >= 0.3 is 0 Å². The zero-order chi connectivity index (χ0) is 13.2. The van der Waals surface area contributed by atoms with Gasteiger partial charge in [-0.25, -0.2) is 0 Å². The summed E-state index contributed by atoms with van der Waals surface area (Å²) in [6.45, 7) is 4.37. The van der Waals surface area contributed by atoms with Crippen LogP contribution < -0.4 is 10.1 Å². The molecule has 1 aliphatic carbocycles. The quantitative estimate of drug-likeness (QED) is 0.882. The third kappa shape index (κ3) is 2.33. The lowest BCUT2D eigenvalue weighted by atomic mass is 9.99. The molecule has 0 aliphatic heterocycles. The first kappa shape index (κ1) is 12.5. The van der Waals surface area contributed by atoms with Crippen molar-refractivity contribution in [2.75, 3.05) is 20.2 Å². The summed E-state index contributed by atoms with van der Waals surface area (Å²) >= 11 is 0. The molecule has 0 radical (unpaired) electrons. The molecule has 0 spiro atoms. The Balaban J connectivity index is 1.93. The van der Waals surface area contributed by atoms with Crippen LogP contribution in [-0.4, -0.2) is 20.2 Å². The van der Waals surface area contributed by atoms with Crippen molar-refractivity contribution in [1.29, 1.82) is 0 Å². The van der Waals surface area contributed by atoms with Gasteiger partial charge in [0.05, 0.1) is 7.11 Å². The highest BCUT2D eigenvalue weighted by molar-refractivity contribution is 5.91. The Labute approximate surface area is 114 Å². The summed E-state index contributed by atoms with van der Waals surface area (Å²) in [6.07, 6.45) is 1.31. The lowest BCUT2D eigenvalue weighted by Crippen LogP contribution is -2.16. The Morgan fingerprint density at radius 3 is 2.68 bits per heavy atom. The summed E-state index contributed by atoms with van der Waals surface area (Å²) in [5, 5.41) is 6.04. The number of hydrogen-bond donors (Lipinski definition) is 1. The molecule has 0 bridgehead atoms. The molecule has 2 atom stereocenters. The van der Waals surface area contributed by atoms with Crippen molar-refractivity contribution in [3.05, 3.63) is 42.0 Å². The second-order valence-corrected chi connectivity index (χ2v) is 5.31. The van der Waals surface area contributed by atoms with E-state index in [1.165, 1.54) is 22.8 Å². The maximum Gasteiger partial charge on any atom is 0.126 e. The predicted octanol–water partition coefficient (Wildman–Crippen LogP) is 3.56. The van der Waals surface area contributed by atoms with Crippen molar-refractivity contribution in [2.24, 2.45) is 5.92 Å². The van der Waals surface area contributed by atoms with E-state index in [0.717, 1.165) is 30.7 Å². The van der Waals surface area contributed by atoms with E-state index in [-0.39, 0.29) is 0 Å². The monoisotopic (exact) mass is 255 g/mol. The summed E-state index contributed by atoms with van der Waals surface area (Å²) in [5.74, 6) is 2.50. The van der Waals surface area contributed by atoms with Gasteiger partial charge in [0.2, 0.25) is 0 Å².